The van der Waals surface area contributed by atoms with Crippen molar-refractivity contribution in [2.45, 2.75) is 25.7 Å². The van der Waals surface area contributed by atoms with Crippen LogP contribution in [0.5, 0.6) is 0 Å². The van der Waals surface area contributed by atoms with E-state index in [2.05, 4.69) is 5.32 Å². The Kier molecular flexibility index (Phi) is 4.08. The number of carbonyl (C=O) groups excluding carboxylic acids is 1. The molecule has 1 N–H and O–H groups in total. The number of rotatable bonds is 3. The van der Waals surface area contributed by atoms with Crippen LogP contribution in [0.2, 0.25) is 10.0 Å². The van der Waals surface area contributed by atoms with Crippen molar-refractivity contribution in [2.75, 3.05) is 11.9 Å². The molecule has 2 aliphatic carbocycles. The molecule has 1 aromatic carbocycles. The Morgan fingerprint density at radius 1 is 1.25 bits per heavy atom. The van der Waals surface area contributed by atoms with Crippen LogP contribution >= 0.6 is 23.2 Å². The van der Waals surface area contributed by atoms with Gasteiger partial charge in [-0.3, -0.25) is 5.32 Å². The zero-order valence-corrected chi connectivity index (χ0v) is 12.6. The molecule has 0 aromatic heterocycles. The predicted molar refractivity (Wildman–Crippen MR) is 80.4 cm³/mol. The van der Waals surface area contributed by atoms with Crippen molar-refractivity contribution in [3.63, 3.8) is 0 Å². The van der Waals surface area contributed by atoms with Crippen LogP contribution in [0.3, 0.4) is 0 Å². The smallest absolute Gasteiger partial charge is 0.411 e. The van der Waals surface area contributed by atoms with Crippen molar-refractivity contribution >= 4 is 35.0 Å². The lowest BCUT2D eigenvalue weighted by Gasteiger charge is -2.21. The molecule has 108 valence electrons. The maximum Gasteiger partial charge on any atom is 0.411 e. The number of ether oxygens (including phenoxy) is 1. The molecule has 0 saturated heterocycles. The average Bonchev–Trinajstić information content (AvgIpc) is 3.03. The van der Waals surface area contributed by atoms with E-state index in [4.69, 9.17) is 27.9 Å². The number of amides is 1. The minimum atomic E-state index is -0.425. The molecule has 3 atom stereocenters. The fraction of sp³-hybridized carbons (Fsp3) is 0.533. The van der Waals surface area contributed by atoms with Crippen LogP contribution in [0.15, 0.2) is 18.2 Å². The number of anilines is 1. The van der Waals surface area contributed by atoms with E-state index in [1.807, 2.05) is 0 Å². The summed E-state index contributed by atoms with van der Waals surface area (Å²) in [6.07, 6.45) is 4.77. The highest BCUT2D eigenvalue weighted by molar-refractivity contribution is 6.42. The van der Waals surface area contributed by atoms with Crippen molar-refractivity contribution in [3.8, 4) is 0 Å². The minimum Gasteiger partial charge on any atom is -0.449 e. The van der Waals surface area contributed by atoms with Gasteiger partial charge in [-0.05, 0) is 55.2 Å². The predicted octanol–water partition coefficient (Wildman–Crippen LogP) is 4.98. The molecule has 20 heavy (non-hydrogen) atoms. The molecule has 0 spiro atoms. The van der Waals surface area contributed by atoms with Crippen molar-refractivity contribution < 1.29 is 9.53 Å². The summed E-state index contributed by atoms with van der Waals surface area (Å²) in [5.41, 5.74) is 0.595. The van der Waals surface area contributed by atoms with E-state index in [-0.39, 0.29) is 0 Å². The molecular weight excluding hydrogens is 297 g/mol. The van der Waals surface area contributed by atoms with Crippen molar-refractivity contribution in [2.24, 2.45) is 17.8 Å². The Morgan fingerprint density at radius 3 is 2.75 bits per heavy atom. The molecule has 3 unspecified atom stereocenters. The summed E-state index contributed by atoms with van der Waals surface area (Å²) in [6, 6.07) is 4.96. The lowest BCUT2D eigenvalue weighted by molar-refractivity contribution is 0.122. The molecule has 0 aliphatic heterocycles. The van der Waals surface area contributed by atoms with Gasteiger partial charge in [0.25, 0.3) is 0 Å². The first-order valence-electron chi connectivity index (χ1n) is 7.00. The van der Waals surface area contributed by atoms with Gasteiger partial charge in [-0.1, -0.05) is 29.6 Å². The monoisotopic (exact) mass is 313 g/mol. The molecule has 3 nitrogen and oxygen atoms in total. The summed E-state index contributed by atoms with van der Waals surface area (Å²) in [5.74, 6) is 2.18. The van der Waals surface area contributed by atoms with Crippen LogP contribution in [0, 0.1) is 17.8 Å². The van der Waals surface area contributed by atoms with Crippen molar-refractivity contribution in [1.82, 2.24) is 0 Å². The minimum absolute atomic E-state index is 0.414. The Bertz CT molecular complexity index is 521. The van der Waals surface area contributed by atoms with E-state index in [1.165, 1.54) is 25.7 Å². The van der Waals surface area contributed by atoms with E-state index >= 15 is 0 Å². The summed E-state index contributed by atoms with van der Waals surface area (Å²) in [6.45, 7) is 0.522. The number of hydrogen-bond donors (Lipinski definition) is 1. The topological polar surface area (TPSA) is 38.3 Å². The fourth-order valence-corrected chi connectivity index (χ4v) is 3.79. The van der Waals surface area contributed by atoms with E-state index in [1.54, 1.807) is 18.2 Å². The molecule has 2 bridgehead atoms. The van der Waals surface area contributed by atoms with Gasteiger partial charge in [0.15, 0.2) is 0 Å². The maximum atomic E-state index is 11.8. The number of carbonyl (C=O) groups is 1. The highest BCUT2D eigenvalue weighted by Gasteiger charge is 2.39. The van der Waals surface area contributed by atoms with Gasteiger partial charge >= 0.3 is 6.09 Å². The third kappa shape index (κ3) is 3.04. The molecule has 1 aromatic rings. The Morgan fingerprint density at radius 2 is 2.10 bits per heavy atom. The van der Waals surface area contributed by atoms with Gasteiger partial charge in [0.2, 0.25) is 0 Å². The first-order valence-corrected chi connectivity index (χ1v) is 7.76. The number of halogens is 2. The van der Waals surface area contributed by atoms with Gasteiger partial charge in [0.05, 0.1) is 16.7 Å². The Balaban J connectivity index is 1.48. The highest BCUT2D eigenvalue weighted by Crippen LogP contribution is 2.48. The third-order valence-electron chi connectivity index (χ3n) is 4.48. The van der Waals surface area contributed by atoms with Gasteiger partial charge in [-0.15, -0.1) is 0 Å². The molecule has 1 amide bonds. The van der Waals surface area contributed by atoms with Crippen molar-refractivity contribution in [1.29, 1.82) is 0 Å². The van der Waals surface area contributed by atoms with Crippen LogP contribution in [0.4, 0.5) is 10.5 Å². The Hall–Kier alpha value is -0.930. The molecule has 2 fully saturated rings. The second-order valence-corrected chi connectivity index (χ2v) is 6.60. The zero-order chi connectivity index (χ0) is 14.1. The Labute approximate surface area is 128 Å². The first kappa shape index (κ1) is 14.0. The van der Waals surface area contributed by atoms with Crippen molar-refractivity contribution in [3.05, 3.63) is 28.2 Å². The molecule has 0 radical (unpaired) electrons. The molecule has 2 aliphatic rings. The lowest BCUT2D eigenvalue weighted by Crippen LogP contribution is -2.22. The highest BCUT2D eigenvalue weighted by atomic mass is 35.5. The van der Waals surface area contributed by atoms with Gasteiger partial charge in [-0.2, -0.15) is 0 Å². The number of fused-ring (bicyclic) bond motifs is 2. The maximum absolute atomic E-state index is 11.8. The van der Waals surface area contributed by atoms with Gasteiger partial charge in [0.1, 0.15) is 0 Å². The standard InChI is InChI=1S/C15H17Cl2NO2/c16-13-4-3-12(7-14(13)17)18-15(19)20-8-11-6-9-1-2-10(11)5-9/h3-4,7,9-11H,1-2,5-6,8H2,(H,18,19). The summed E-state index contributed by atoms with van der Waals surface area (Å²) in [5, 5.41) is 3.55. The quantitative estimate of drug-likeness (QED) is 0.854. The van der Waals surface area contributed by atoms with Gasteiger partial charge in [-0.25, -0.2) is 4.79 Å². The molecule has 2 saturated carbocycles. The first-order chi connectivity index (χ1) is 9.61. The second-order valence-electron chi connectivity index (χ2n) is 5.79. The van der Waals surface area contributed by atoms with Crippen LogP contribution in [-0.4, -0.2) is 12.7 Å². The fourth-order valence-electron chi connectivity index (χ4n) is 3.49. The average molecular weight is 314 g/mol. The zero-order valence-electron chi connectivity index (χ0n) is 11.1. The van der Waals surface area contributed by atoms with Gasteiger partial charge < -0.3 is 4.74 Å². The number of benzene rings is 1. The molecule has 3 rings (SSSR count). The van der Waals surface area contributed by atoms with Crippen LogP contribution in [0.25, 0.3) is 0 Å². The molecule has 5 heteroatoms. The summed E-state index contributed by atoms with van der Waals surface area (Å²) in [4.78, 5) is 11.8. The largest absolute Gasteiger partial charge is 0.449 e. The summed E-state index contributed by atoms with van der Waals surface area (Å²) >= 11 is 11.7. The van der Waals surface area contributed by atoms with E-state index in [0.29, 0.717) is 28.3 Å². The normalized spacial score (nSPS) is 27.6. The van der Waals surface area contributed by atoms with E-state index in [0.717, 1.165) is 11.8 Å². The number of nitrogens with one attached hydrogen (secondary N) is 1. The molecule has 0 heterocycles. The van der Waals surface area contributed by atoms with Crippen LogP contribution in [0.1, 0.15) is 25.7 Å². The van der Waals surface area contributed by atoms with Crippen LogP contribution in [-0.2, 0) is 4.74 Å². The molecular formula is C15H17Cl2NO2. The van der Waals surface area contributed by atoms with E-state index < -0.39 is 6.09 Å². The second kappa shape index (κ2) is 5.82. The third-order valence-corrected chi connectivity index (χ3v) is 5.22. The van der Waals surface area contributed by atoms with Crippen LogP contribution < -0.4 is 5.32 Å². The van der Waals surface area contributed by atoms with E-state index in [9.17, 15) is 4.79 Å². The number of hydrogen-bond acceptors (Lipinski definition) is 2. The summed E-state index contributed by atoms with van der Waals surface area (Å²) in [7, 11) is 0. The summed E-state index contributed by atoms with van der Waals surface area (Å²) < 4.78 is 5.33. The lowest BCUT2D eigenvalue weighted by atomic mass is 9.90. The SMILES string of the molecule is O=C(Nc1ccc(Cl)c(Cl)c1)OCC1CC2CCC1C2. The van der Waals surface area contributed by atoms with Gasteiger partial charge in [0, 0.05) is 5.69 Å².